The van der Waals surface area contributed by atoms with Crippen molar-refractivity contribution in [1.82, 2.24) is 4.90 Å². The number of carbonyl (C=O) groups is 2. The molecule has 0 aliphatic carbocycles. The average molecular weight is 378 g/mol. The van der Waals surface area contributed by atoms with Gasteiger partial charge in [0.25, 0.3) is 0 Å². The van der Waals surface area contributed by atoms with E-state index in [2.05, 4.69) is 5.32 Å². The van der Waals surface area contributed by atoms with Crippen LogP contribution in [0.15, 0.2) is 83.5 Å². The first-order valence-corrected chi connectivity index (χ1v) is 8.70. The summed E-state index contributed by atoms with van der Waals surface area (Å²) in [6.45, 7) is -0.0499. The zero-order chi connectivity index (χ0) is 19.8. The van der Waals surface area contributed by atoms with Crippen molar-refractivity contribution in [3.8, 4) is 0 Å². The van der Waals surface area contributed by atoms with E-state index in [1.807, 2.05) is 6.07 Å². The highest BCUT2D eigenvalue weighted by Gasteiger charge is 2.17. The highest BCUT2D eigenvalue weighted by molar-refractivity contribution is 5.98. The molecule has 3 rings (SSSR count). The van der Waals surface area contributed by atoms with E-state index >= 15 is 0 Å². The molecule has 0 aliphatic heterocycles. The summed E-state index contributed by atoms with van der Waals surface area (Å²) in [5.74, 6) is -0.653. The third-order valence-corrected chi connectivity index (χ3v) is 3.94. The van der Waals surface area contributed by atoms with Gasteiger partial charge in [-0.1, -0.05) is 36.4 Å². The van der Waals surface area contributed by atoms with Gasteiger partial charge in [-0.05, 0) is 36.4 Å². The Labute approximate surface area is 162 Å². The van der Waals surface area contributed by atoms with Crippen LogP contribution in [0.25, 0.3) is 6.08 Å². The minimum atomic E-state index is -0.428. The van der Waals surface area contributed by atoms with Crippen molar-refractivity contribution in [2.75, 3.05) is 11.9 Å². The summed E-state index contributed by atoms with van der Waals surface area (Å²) in [7, 11) is 0. The lowest BCUT2D eigenvalue weighted by atomic mass is 10.2. The Balaban J connectivity index is 1.71. The maximum atomic E-state index is 13.7. The summed E-state index contributed by atoms with van der Waals surface area (Å²) in [4.78, 5) is 26.3. The summed E-state index contributed by atoms with van der Waals surface area (Å²) in [5, 5.41) is 2.74. The molecule has 3 aromatic rings. The second kappa shape index (κ2) is 9.32. The number of halogens is 1. The van der Waals surface area contributed by atoms with E-state index in [1.54, 1.807) is 54.6 Å². The molecule has 5 nitrogen and oxygen atoms in total. The molecule has 0 saturated heterocycles. The van der Waals surface area contributed by atoms with Crippen molar-refractivity contribution < 1.29 is 18.4 Å². The summed E-state index contributed by atoms with van der Waals surface area (Å²) in [6, 6.07) is 18.5. The number of benzene rings is 2. The van der Waals surface area contributed by atoms with Gasteiger partial charge in [0.1, 0.15) is 18.1 Å². The first-order valence-electron chi connectivity index (χ1n) is 8.70. The summed E-state index contributed by atoms with van der Waals surface area (Å²) in [5.41, 5.74) is 0.933. The van der Waals surface area contributed by atoms with Crippen LogP contribution in [0.3, 0.4) is 0 Å². The van der Waals surface area contributed by atoms with E-state index in [1.165, 1.54) is 29.4 Å². The lowest BCUT2D eigenvalue weighted by Gasteiger charge is -2.19. The van der Waals surface area contributed by atoms with Crippen LogP contribution in [-0.2, 0) is 16.1 Å². The molecule has 1 N–H and O–H groups in total. The standard InChI is InChI=1S/C22H19FN2O3/c23-20-11-5-4-7-17(20)12-13-22(27)25(15-19-10-6-14-28-19)16-21(26)24-18-8-2-1-3-9-18/h1-14H,15-16H2,(H,24,26)/b13-12+. The Bertz CT molecular complexity index is 953. The Morgan fingerprint density at radius 2 is 1.75 bits per heavy atom. The number of hydrogen-bond acceptors (Lipinski definition) is 3. The quantitative estimate of drug-likeness (QED) is 0.630. The molecule has 0 aliphatic rings. The van der Waals surface area contributed by atoms with Gasteiger partial charge in [-0.3, -0.25) is 9.59 Å². The monoisotopic (exact) mass is 378 g/mol. The minimum absolute atomic E-state index is 0.121. The van der Waals surface area contributed by atoms with Gasteiger partial charge in [-0.15, -0.1) is 0 Å². The van der Waals surface area contributed by atoms with E-state index in [9.17, 15) is 14.0 Å². The molecule has 6 heteroatoms. The lowest BCUT2D eigenvalue weighted by Crippen LogP contribution is -2.36. The predicted molar refractivity (Wildman–Crippen MR) is 105 cm³/mol. The number of para-hydroxylation sites is 1. The maximum absolute atomic E-state index is 13.7. The zero-order valence-electron chi connectivity index (χ0n) is 15.0. The van der Waals surface area contributed by atoms with Gasteiger partial charge < -0.3 is 14.6 Å². The Kier molecular flexibility index (Phi) is 6.36. The molecule has 0 spiro atoms. The zero-order valence-corrected chi connectivity index (χ0v) is 15.0. The van der Waals surface area contributed by atoms with Gasteiger partial charge in [-0.25, -0.2) is 4.39 Å². The number of amides is 2. The van der Waals surface area contributed by atoms with Crippen LogP contribution in [0.4, 0.5) is 10.1 Å². The molecule has 1 heterocycles. The third kappa shape index (κ3) is 5.41. The third-order valence-electron chi connectivity index (χ3n) is 3.94. The van der Waals surface area contributed by atoms with Gasteiger partial charge in [0.2, 0.25) is 11.8 Å². The summed E-state index contributed by atoms with van der Waals surface area (Å²) in [6.07, 6.45) is 4.14. The molecule has 0 saturated carbocycles. The molecular weight excluding hydrogens is 359 g/mol. The molecule has 0 fully saturated rings. The van der Waals surface area contributed by atoms with E-state index in [-0.39, 0.29) is 19.0 Å². The molecule has 2 amide bonds. The van der Waals surface area contributed by atoms with Gasteiger partial charge in [0.05, 0.1) is 12.8 Å². The van der Waals surface area contributed by atoms with Gasteiger partial charge in [0.15, 0.2) is 0 Å². The Morgan fingerprint density at radius 3 is 2.46 bits per heavy atom. The van der Waals surface area contributed by atoms with Gasteiger partial charge >= 0.3 is 0 Å². The topological polar surface area (TPSA) is 62.6 Å². The molecule has 142 valence electrons. The van der Waals surface area contributed by atoms with Crippen LogP contribution >= 0.6 is 0 Å². The van der Waals surface area contributed by atoms with Crippen molar-refractivity contribution >= 4 is 23.6 Å². The number of carbonyl (C=O) groups excluding carboxylic acids is 2. The summed E-state index contributed by atoms with van der Waals surface area (Å²) >= 11 is 0. The number of nitrogens with one attached hydrogen (secondary N) is 1. The highest BCUT2D eigenvalue weighted by atomic mass is 19.1. The van der Waals surface area contributed by atoms with E-state index < -0.39 is 11.7 Å². The molecule has 2 aromatic carbocycles. The highest BCUT2D eigenvalue weighted by Crippen LogP contribution is 2.11. The fourth-order valence-corrected chi connectivity index (χ4v) is 2.57. The minimum Gasteiger partial charge on any atom is -0.467 e. The molecule has 28 heavy (non-hydrogen) atoms. The fourth-order valence-electron chi connectivity index (χ4n) is 2.57. The van der Waals surface area contributed by atoms with Crippen LogP contribution < -0.4 is 5.32 Å². The predicted octanol–water partition coefficient (Wildman–Crippen LogP) is 4.10. The number of hydrogen-bond donors (Lipinski definition) is 1. The number of furan rings is 1. The normalized spacial score (nSPS) is 10.8. The Hall–Kier alpha value is -3.67. The fraction of sp³-hybridized carbons (Fsp3) is 0.0909. The van der Waals surface area contributed by atoms with Gasteiger partial charge in [0, 0.05) is 17.3 Å². The molecule has 0 unspecified atom stereocenters. The van der Waals surface area contributed by atoms with Crippen molar-refractivity contribution in [2.45, 2.75) is 6.54 Å². The number of nitrogens with zero attached hydrogens (tertiary/aromatic N) is 1. The van der Waals surface area contributed by atoms with Crippen molar-refractivity contribution in [1.29, 1.82) is 0 Å². The Morgan fingerprint density at radius 1 is 1.00 bits per heavy atom. The van der Waals surface area contributed by atoms with E-state index in [4.69, 9.17) is 4.42 Å². The van der Waals surface area contributed by atoms with Crippen LogP contribution in [-0.4, -0.2) is 23.3 Å². The summed E-state index contributed by atoms with van der Waals surface area (Å²) < 4.78 is 19.0. The average Bonchev–Trinajstić information content (AvgIpc) is 3.20. The SMILES string of the molecule is O=C(CN(Cc1ccco1)C(=O)/C=C/c1ccccc1F)Nc1ccccc1. The van der Waals surface area contributed by atoms with Crippen molar-refractivity contribution in [3.05, 3.63) is 96.2 Å². The molecule has 0 bridgehead atoms. The first kappa shape index (κ1) is 19.1. The van der Waals surface area contributed by atoms with Crippen LogP contribution in [0.2, 0.25) is 0 Å². The lowest BCUT2D eigenvalue weighted by molar-refractivity contribution is -0.131. The maximum Gasteiger partial charge on any atom is 0.247 e. The second-order valence-corrected chi connectivity index (χ2v) is 6.04. The molecule has 1 aromatic heterocycles. The first-order chi connectivity index (χ1) is 13.6. The second-order valence-electron chi connectivity index (χ2n) is 6.04. The van der Waals surface area contributed by atoms with Crippen LogP contribution in [0, 0.1) is 5.82 Å². The van der Waals surface area contributed by atoms with Crippen molar-refractivity contribution in [2.24, 2.45) is 0 Å². The van der Waals surface area contributed by atoms with Crippen LogP contribution in [0.5, 0.6) is 0 Å². The van der Waals surface area contributed by atoms with Crippen molar-refractivity contribution in [3.63, 3.8) is 0 Å². The van der Waals surface area contributed by atoms with Crippen LogP contribution in [0.1, 0.15) is 11.3 Å². The molecule has 0 radical (unpaired) electrons. The number of anilines is 1. The van der Waals surface area contributed by atoms with E-state index in [0.717, 1.165) is 0 Å². The smallest absolute Gasteiger partial charge is 0.247 e. The van der Waals surface area contributed by atoms with E-state index in [0.29, 0.717) is 17.0 Å². The number of rotatable bonds is 7. The van der Waals surface area contributed by atoms with Gasteiger partial charge in [-0.2, -0.15) is 0 Å². The molecular formula is C22H19FN2O3. The molecule has 0 atom stereocenters. The largest absolute Gasteiger partial charge is 0.467 e.